The summed E-state index contributed by atoms with van der Waals surface area (Å²) in [5, 5.41) is 25.9. The van der Waals surface area contributed by atoms with Crippen molar-refractivity contribution < 1.29 is 19.5 Å². The van der Waals surface area contributed by atoms with Gasteiger partial charge in [-0.3, -0.25) is 19.2 Å². The van der Waals surface area contributed by atoms with Crippen LogP contribution >= 0.6 is 46.5 Å². The van der Waals surface area contributed by atoms with Gasteiger partial charge in [0.2, 0.25) is 5.91 Å². The maximum Gasteiger partial charge on any atom is 0.352 e. The number of carbonyl (C=O) groups excluding carboxylic acids is 2. The van der Waals surface area contributed by atoms with Crippen LogP contribution in [0.15, 0.2) is 15.6 Å². The molecule has 2 aromatic rings. The molecule has 4 rings (SSSR count). The molecule has 2 amide bonds. The number of aliphatic carboxylic acids is 1. The van der Waals surface area contributed by atoms with E-state index in [1.54, 1.807) is 18.5 Å². The van der Waals surface area contributed by atoms with Crippen molar-refractivity contribution in [1.29, 1.82) is 0 Å². The van der Waals surface area contributed by atoms with Crippen LogP contribution in [0, 0.1) is 26.7 Å². The van der Waals surface area contributed by atoms with Crippen molar-refractivity contribution in [3.63, 3.8) is 0 Å². The topological polar surface area (TPSA) is 130 Å². The number of aryl methyl sites for hydroxylation is 2. The molecule has 182 valence electrons. The van der Waals surface area contributed by atoms with Crippen LogP contribution in [-0.4, -0.2) is 70.7 Å². The maximum atomic E-state index is 12.9. The first-order valence-electron chi connectivity index (χ1n) is 10.4. The van der Waals surface area contributed by atoms with E-state index in [0.29, 0.717) is 34.3 Å². The summed E-state index contributed by atoms with van der Waals surface area (Å²) in [4.78, 5) is 39.0. The highest BCUT2D eigenvalue weighted by Crippen LogP contribution is 2.41. The van der Waals surface area contributed by atoms with Crippen LogP contribution < -0.4 is 5.32 Å². The molecule has 0 saturated carbocycles. The largest absolute Gasteiger partial charge is 0.477 e. The van der Waals surface area contributed by atoms with Crippen molar-refractivity contribution in [1.82, 2.24) is 30.2 Å². The molecule has 2 aromatic heterocycles. The monoisotopic (exact) mass is 542 g/mol. The Morgan fingerprint density at radius 2 is 2.06 bits per heavy atom. The molecule has 2 aliphatic heterocycles. The number of β-lactam (4-membered cyclic amide) rings is 1. The summed E-state index contributed by atoms with van der Waals surface area (Å²) < 4.78 is 2.43. The molecule has 3 atom stereocenters. The van der Waals surface area contributed by atoms with Gasteiger partial charge in [0.05, 0.1) is 28.9 Å². The number of carbonyl (C=O) groups is 3. The summed E-state index contributed by atoms with van der Waals surface area (Å²) in [6, 6.07) is -0.765. The Balaban J connectivity index is 1.41. The summed E-state index contributed by atoms with van der Waals surface area (Å²) in [5.74, 6) is -1.47. The molecule has 1 fully saturated rings. The van der Waals surface area contributed by atoms with Crippen molar-refractivity contribution in [3.8, 4) is 0 Å². The molecule has 2 aliphatic rings. The summed E-state index contributed by atoms with van der Waals surface area (Å²) in [7, 11) is 0. The van der Waals surface area contributed by atoms with Gasteiger partial charge in [-0.15, -0.1) is 22.0 Å². The SMILES string of the molecule is Cc1nnc(SCC2=C(C(=O)O)N3C(=O)[C@@H](NC(=O)[C@@H](C)Cn4nc(C)c(Cl)c4C)[C@H]3SC2)s1. The molecule has 0 radical (unpaired) electrons. The van der Waals surface area contributed by atoms with E-state index >= 15 is 0 Å². The Morgan fingerprint density at radius 3 is 2.65 bits per heavy atom. The Hall–Kier alpha value is -2.09. The molecule has 0 spiro atoms. The number of hydrogen-bond acceptors (Lipinski definition) is 9. The van der Waals surface area contributed by atoms with Gasteiger partial charge < -0.3 is 10.4 Å². The van der Waals surface area contributed by atoms with Crippen LogP contribution in [0.4, 0.5) is 0 Å². The average Bonchev–Trinajstić information content (AvgIpc) is 3.32. The second-order valence-corrected chi connectivity index (χ2v) is 12.0. The molecular formula is C20H23ClN6O4S3. The average molecular weight is 543 g/mol. The second-order valence-electron chi connectivity index (χ2n) is 8.10. The number of hydrogen-bond donors (Lipinski definition) is 2. The van der Waals surface area contributed by atoms with Crippen molar-refractivity contribution in [2.75, 3.05) is 11.5 Å². The number of rotatable bonds is 8. The van der Waals surface area contributed by atoms with Crippen LogP contribution in [-0.2, 0) is 20.9 Å². The molecule has 0 bridgehead atoms. The highest BCUT2D eigenvalue weighted by molar-refractivity contribution is 8.01. The van der Waals surface area contributed by atoms with Gasteiger partial charge in [-0.25, -0.2) is 4.79 Å². The lowest BCUT2D eigenvalue weighted by Gasteiger charge is -2.49. The minimum Gasteiger partial charge on any atom is -0.477 e. The van der Waals surface area contributed by atoms with Crippen molar-refractivity contribution >= 4 is 64.2 Å². The van der Waals surface area contributed by atoms with E-state index in [1.807, 2.05) is 13.8 Å². The van der Waals surface area contributed by atoms with Crippen LogP contribution in [0.3, 0.4) is 0 Å². The lowest BCUT2D eigenvalue weighted by atomic mass is 10.0. The number of fused-ring (bicyclic) bond motifs is 1. The fraction of sp³-hybridized carbons (Fsp3) is 0.500. The number of carboxylic acid groups (broad SMARTS) is 1. The van der Waals surface area contributed by atoms with Crippen molar-refractivity contribution in [2.45, 2.75) is 50.0 Å². The van der Waals surface area contributed by atoms with Gasteiger partial charge in [-0.05, 0) is 26.3 Å². The normalized spacial score (nSPS) is 20.7. The van der Waals surface area contributed by atoms with Crippen LogP contribution in [0.1, 0.15) is 23.3 Å². The summed E-state index contributed by atoms with van der Waals surface area (Å²) in [6.45, 7) is 7.56. The van der Waals surface area contributed by atoms with Crippen molar-refractivity contribution in [3.05, 3.63) is 32.7 Å². The first-order valence-corrected chi connectivity index (χ1v) is 13.6. The number of carboxylic acids is 1. The zero-order chi connectivity index (χ0) is 24.7. The summed E-state index contributed by atoms with van der Waals surface area (Å²) >= 11 is 10.5. The Labute approximate surface area is 213 Å². The third-order valence-corrected chi connectivity index (χ3v) is 9.56. The molecule has 2 N–H and O–H groups in total. The molecule has 0 aromatic carbocycles. The van der Waals surface area contributed by atoms with Gasteiger partial charge in [-0.2, -0.15) is 5.10 Å². The van der Waals surface area contributed by atoms with Gasteiger partial charge in [0.15, 0.2) is 4.34 Å². The van der Waals surface area contributed by atoms with E-state index < -0.39 is 29.2 Å². The van der Waals surface area contributed by atoms with Gasteiger partial charge in [0, 0.05) is 11.5 Å². The number of nitrogens with zero attached hydrogens (tertiary/aromatic N) is 5. The molecule has 0 unspecified atom stereocenters. The molecule has 34 heavy (non-hydrogen) atoms. The zero-order valence-corrected chi connectivity index (χ0v) is 22.1. The third-order valence-electron chi connectivity index (χ3n) is 5.61. The van der Waals surface area contributed by atoms with Gasteiger partial charge >= 0.3 is 5.97 Å². The number of thioether (sulfide) groups is 2. The Bertz CT molecular complexity index is 1200. The molecule has 1 saturated heterocycles. The van der Waals surface area contributed by atoms with Gasteiger partial charge in [0.25, 0.3) is 5.91 Å². The lowest BCUT2D eigenvalue weighted by molar-refractivity contribution is -0.151. The first kappa shape index (κ1) is 25.0. The lowest BCUT2D eigenvalue weighted by Crippen LogP contribution is -2.71. The van der Waals surface area contributed by atoms with Crippen molar-refractivity contribution in [2.24, 2.45) is 5.92 Å². The number of aromatic nitrogens is 4. The maximum absolute atomic E-state index is 12.9. The predicted molar refractivity (Wildman–Crippen MR) is 131 cm³/mol. The minimum absolute atomic E-state index is 0.00156. The molecular weight excluding hydrogens is 520 g/mol. The summed E-state index contributed by atoms with van der Waals surface area (Å²) in [6.07, 6.45) is 0. The fourth-order valence-electron chi connectivity index (χ4n) is 3.77. The standard InChI is InChI=1S/C20H23ClN6O4S3/c1-8(5-26-10(3)13(21)9(2)25-26)16(28)22-14-17(29)27-15(19(30)31)12(6-32-18(14)27)7-33-20-24-23-11(4)34-20/h8,14,18H,5-7H2,1-4H3,(H,22,28)(H,30,31)/t8-,14+,18+/m0/s1. The van der Waals surface area contributed by atoms with Crippen LogP contribution in [0.25, 0.3) is 0 Å². The number of halogens is 1. The number of amides is 2. The molecule has 14 heteroatoms. The fourth-order valence-corrected chi connectivity index (χ4v) is 7.21. The van der Waals surface area contributed by atoms with Crippen LogP contribution in [0.2, 0.25) is 5.02 Å². The van der Waals surface area contributed by atoms with E-state index in [-0.39, 0.29) is 11.6 Å². The van der Waals surface area contributed by atoms with E-state index in [1.165, 1.54) is 39.8 Å². The quantitative estimate of drug-likeness (QED) is 0.381. The second kappa shape index (κ2) is 9.88. The van der Waals surface area contributed by atoms with E-state index in [2.05, 4.69) is 20.6 Å². The highest BCUT2D eigenvalue weighted by atomic mass is 35.5. The zero-order valence-electron chi connectivity index (χ0n) is 18.9. The molecule has 4 heterocycles. The third kappa shape index (κ3) is 4.70. The van der Waals surface area contributed by atoms with E-state index in [9.17, 15) is 19.5 Å². The van der Waals surface area contributed by atoms with Crippen LogP contribution in [0.5, 0.6) is 0 Å². The molecule has 10 nitrogen and oxygen atoms in total. The Kier molecular flexibility index (Phi) is 7.27. The van der Waals surface area contributed by atoms with E-state index in [4.69, 9.17) is 11.6 Å². The minimum atomic E-state index is -1.15. The van der Waals surface area contributed by atoms with Gasteiger partial charge in [0.1, 0.15) is 22.1 Å². The Morgan fingerprint density at radius 1 is 1.32 bits per heavy atom. The summed E-state index contributed by atoms with van der Waals surface area (Å²) in [5.41, 5.74) is 2.12. The smallest absolute Gasteiger partial charge is 0.352 e. The highest BCUT2D eigenvalue weighted by Gasteiger charge is 2.54. The first-order chi connectivity index (χ1) is 16.1. The van der Waals surface area contributed by atoms with E-state index in [0.717, 1.165) is 15.0 Å². The number of nitrogens with one attached hydrogen (secondary N) is 1. The van der Waals surface area contributed by atoms with Gasteiger partial charge in [-0.1, -0.05) is 41.6 Å². The molecule has 0 aliphatic carbocycles. The predicted octanol–water partition coefficient (Wildman–Crippen LogP) is 2.48.